The predicted molar refractivity (Wildman–Crippen MR) is 134 cm³/mol. The third-order valence-electron chi connectivity index (χ3n) is 5.13. The van der Waals surface area contributed by atoms with Crippen molar-refractivity contribution in [3.05, 3.63) is 63.6 Å². The standard InChI is InChI=1S/C23H27Cl2N3O5S/c1-5-26-23(31)15(2)27(13-19-20(24)10-7-11-21(19)25)22(30)14-28(34(4,32)33)18-9-6-8-17(12-18)16(3)29/h6-12,15H,5,13-14H2,1-4H3,(H,26,31). The number of nitrogens with one attached hydrogen (secondary N) is 1. The minimum Gasteiger partial charge on any atom is -0.355 e. The highest BCUT2D eigenvalue weighted by Crippen LogP contribution is 2.27. The summed E-state index contributed by atoms with van der Waals surface area (Å²) in [5.74, 6) is -1.31. The Bertz CT molecular complexity index is 1170. The summed E-state index contributed by atoms with van der Waals surface area (Å²) in [5.41, 5.74) is 0.888. The van der Waals surface area contributed by atoms with Gasteiger partial charge in [0, 0.05) is 34.3 Å². The number of Topliss-reactive ketones (excluding diaryl/α,β-unsaturated/α-hetero) is 1. The van der Waals surface area contributed by atoms with Crippen LogP contribution in [0.15, 0.2) is 42.5 Å². The van der Waals surface area contributed by atoms with Gasteiger partial charge in [-0.2, -0.15) is 0 Å². The lowest BCUT2D eigenvalue weighted by Crippen LogP contribution is -2.51. The molecular formula is C23H27Cl2N3O5S. The zero-order valence-electron chi connectivity index (χ0n) is 19.3. The number of carbonyl (C=O) groups is 3. The fraction of sp³-hybridized carbons (Fsp3) is 0.348. The number of rotatable bonds is 10. The molecule has 0 saturated carbocycles. The smallest absolute Gasteiger partial charge is 0.244 e. The zero-order valence-corrected chi connectivity index (χ0v) is 21.7. The van der Waals surface area contributed by atoms with Crippen LogP contribution in [0.3, 0.4) is 0 Å². The van der Waals surface area contributed by atoms with Crippen LogP contribution < -0.4 is 9.62 Å². The maximum absolute atomic E-state index is 13.5. The molecule has 0 spiro atoms. The maximum atomic E-state index is 13.5. The zero-order chi connectivity index (χ0) is 25.6. The number of hydrogen-bond donors (Lipinski definition) is 1. The van der Waals surface area contributed by atoms with E-state index in [1.54, 1.807) is 31.2 Å². The third kappa shape index (κ3) is 6.94. The highest BCUT2D eigenvalue weighted by Gasteiger charge is 2.31. The Kier molecular flexibility index (Phi) is 9.49. The summed E-state index contributed by atoms with van der Waals surface area (Å²) in [6, 6.07) is 9.91. The number of nitrogens with zero attached hydrogens (tertiary/aromatic N) is 2. The Balaban J connectivity index is 2.48. The fourth-order valence-corrected chi connectivity index (χ4v) is 4.61. The summed E-state index contributed by atoms with van der Waals surface area (Å²) in [7, 11) is -3.91. The van der Waals surface area contributed by atoms with Gasteiger partial charge in [-0.1, -0.05) is 41.4 Å². The van der Waals surface area contributed by atoms with E-state index in [0.29, 0.717) is 27.7 Å². The number of ketones is 1. The summed E-state index contributed by atoms with van der Waals surface area (Å²) in [6.07, 6.45) is 0.962. The van der Waals surface area contributed by atoms with Gasteiger partial charge in [-0.15, -0.1) is 0 Å². The van der Waals surface area contributed by atoms with Crippen LogP contribution in [0.4, 0.5) is 5.69 Å². The van der Waals surface area contributed by atoms with Gasteiger partial charge in [-0.25, -0.2) is 8.42 Å². The number of anilines is 1. The summed E-state index contributed by atoms with van der Waals surface area (Å²) in [4.78, 5) is 39.0. The SMILES string of the molecule is CCNC(=O)C(C)N(Cc1c(Cl)cccc1Cl)C(=O)CN(c1cccc(C(C)=O)c1)S(C)(=O)=O. The van der Waals surface area contributed by atoms with E-state index < -0.39 is 34.4 Å². The Hall–Kier alpha value is -2.62. The highest BCUT2D eigenvalue weighted by molar-refractivity contribution is 7.92. The molecule has 0 heterocycles. The maximum Gasteiger partial charge on any atom is 0.244 e. The van der Waals surface area contributed by atoms with Gasteiger partial charge in [0.25, 0.3) is 0 Å². The van der Waals surface area contributed by atoms with E-state index in [1.165, 1.54) is 36.9 Å². The molecule has 1 atom stereocenters. The van der Waals surface area contributed by atoms with E-state index >= 15 is 0 Å². The third-order valence-corrected chi connectivity index (χ3v) is 6.98. The first-order valence-electron chi connectivity index (χ1n) is 10.5. The molecular weight excluding hydrogens is 501 g/mol. The lowest BCUT2D eigenvalue weighted by Gasteiger charge is -2.32. The van der Waals surface area contributed by atoms with Gasteiger partial charge in [-0.05, 0) is 45.0 Å². The lowest BCUT2D eigenvalue weighted by atomic mass is 10.1. The lowest BCUT2D eigenvalue weighted by molar-refractivity contribution is -0.139. The van der Waals surface area contributed by atoms with Crippen LogP contribution >= 0.6 is 23.2 Å². The van der Waals surface area contributed by atoms with Crippen molar-refractivity contribution in [2.45, 2.75) is 33.4 Å². The quantitative estimate of drug-likeness (QED) is 0.476. The molecule has 2 aromatic carbocycles. The largest absolute Gasteiger partial charge is 0.355 e. The van der Waals surface area contributed by atoms with Crippen molar-refractivity contribution in [1.29, 1.82) is 0 Å². The molecule has 184 valence electrons. The molecule has 0 saturated heterocycles. The molecule has 1 unspecified atom stereocenters. The average molecular weight is 528 g/mol. The van der Waals surface area contributed by atoms with E-state index in [0.717, 1.165) is 10.6 Å². The normalized spacial score (nSPS) is 12.1. The van der Waals surface area contributed by atoms with E-state index in [-0.39, 0.29) is 18.0 Å². The van der Waals surface area contributed by atoms with Crippen LogP contribution in [-0.4, -0.2) is 56.3 Å². The van der Waals surface area contributed by atoms with Gasteiger partial charge in [-0.3, -0.25) is 18.7 Å². The molecule has 2 rings (SSSR count). The van der Waals surface area contributed by atoms with Crippen molar-refractivity contribution >= 4 is 56.5 Å². The molecule has 34 heavy (non-hydrogen) atoms. The summed E-state index contributed by atoms with van der Waals surface area (Å²) in [6.45, 7) is 4.29. The van der Waals surface area contributed by atoms with Gasteiger partial charge >= 0.3 is 0 Å². The van der Waals surface area contributed by atoms with Crippen molar-refractivity contribution in [2.75, 3.05) is 23.7 Å². The van der Waals surface area contributed by atoms with Crippen molar-refractivity contribution in [3.8, 4) is 0 Å². The molecule has 0 aliphatic rings. The molecule has 8 nitrogen and oxygen atoms in total. The van der Waals surface area contributed by atoms with Crippen LogP contribution in [0.5, 0.6) is 0 Å². The van der Waals surface area contributed by atoms with Crippen LogP contribution in [0, 0.1) is 0 Å². The molecule has 0 aliphatic carbocycles. The summed E-state index contributed by atoms with van der Waals surface area (Å²) < 4.78 is 26.1. The molecule has 1 N–H and O–H groups in total. The number of sulfonamides is 1. The van der Waals surface area contributed by atoms with Gasteiger partial charge < -0.3 is 10.2 Å². The first kappa shape index (κ1) is 27.6. The van der Waals surface area contributed by atoms with Crippen LogP contribution in [0.2, 0.25) is 10.0 Å². The molecule has 2 aromatic rings. The number of halogens is 2. The number of amides is 2. The Morgan fingerprint density at radius 2 is 1.65 bits per heavy atom. The predicted octanol–water partition coefficient (Wildman–Crippen LogP) is 3.52. The van der Waals surface area contributed by atoms with Crippen molar-refractivity contribution < 1.29 is 22.8 Å². The minimum absolute atomic E-state index is 0.110. The Morgan fingerprint density at radius 1 is 1.06 bits per heavy atom. The second-order valence-electron chi connectivity index (χ2n) is 7.67. The first-order chi connectivity index (χ1) is 15.9. The molecule has 0 aliphatic heterocycles. The van der Waals surface area contributed by atoms with Crippen molar-refractivity contribution in [3.63, 3.8) is 0 Å². The molecule has 0 fully saturated rings. The number of hydrogen-bond acceptors (Lipinski definition) is 5. The van der Waals surface area contributed by atoms with Gasteiger partial charge in [0.2, 0.25) is 21.8 Å². The average Bonchev–Trinajstić information content (AvgIpc) is 2.76. The fourth-order valence-electron chi connectivity index (χ4n) is 3.25. The topological polar surface area (TPSA) is 104 Å². The van der Waals surface area contributed by atoms with Gasteiger partial charge in [0.05, 0.1) is 11.9 Å². The molecule has 0 radical (unpaired) electrons. The first-order valence-corrected chi connectivity index (χ1v) is 13.1. The van der Waals surface area contributed by atoms with E-state index in [2.05, 4.69) is 5.32 Å². The monoisotopic (exact) mass is 527 g/mol. The van der Waals surface area contributed by atoms with Crippen LogP contribution in [0.1, 0.15) is 36.7 Å². The molecule has 0 bridgehead atoms. The number of carbonyl (C=O) groups excluding carboxylic acids is 3. The number of benzene rings is 2. The van der Waals surface area contributed by atoms with E-state index in [1.807, 2.05) is 0 Å². The number of likely N-dealkylation sites (N-methyl/N-ethyl adjacent to an activating group) is 1. The van der Waals surface area contributed by atoms with E-state index in [9.17, 15) is 22.8 Å². The summed E-state index contributed by atoms with van der Waals surface area (Å²) >= 11 is 12.6. The summed E-state index contributed by atoms with van der Waals surface area (Å²) in [5, 5.41) is 3.28. The van der Waals surface area contributed by atoms with Crippen molar-refractivity contribution in [2.24, 2.45) is 0 Å². The Morgan fingerprint density at radius 3 is 2.18 bits per heavy atom. The van der Waals surface area contributed by atoms with Gasteiger partial charge in [0.15, 0.2) is 5.78 Å². The Labute approximate surface area is 209 Å². The van der Waals surface area contributed by atoms with Gasteiger partial charge in [0.1, 0.15) is 12.6 Å². The second-order valence-corrected chi connectivity index (χ2v) is 10.4. The molecule has 0 aromatic heterocycles. The van der Waals surface area contributed by atoms with Crippen LogP contribution in [0.25, 0.3) is 0 Å². The second kappa shape index (κ2) is 11.7. The molecule has 11 heteroatoms. The highest BCUT2D eigenvalue weighted by atomic mass is 35.5. The van der Waals surface area contributed by atoms with E-state index in [4.69, 9.17) is 23.2 Å². The minimum atomic E-state index is -3.91. The van der Waals surface area contributed by atoms with Crippen molar-refractivity contribution in [1.82, 2.24) is 10.2 Å². The van der Waals surface area contributed by atoms with Crippen LogP contribution in [-0.2, 0) is 26.2 Å². The molecule has 2 amide bonds.